The number of amides is 3. The first-order chi connectivity index (χ1) is 15.1. The monoisotopic (exact) mass is 546 g/mol. The van der Waals surface area contributed by atoms with Gasteiger partial charge in [0.25, 0.3) is 17.7 Å². The van der Waals surface area contributed by atoms with Crippen LogP contribution in [0.2, 0.25) is 20.1 Å². The van der Waals surface area contributed by atoms with Crippen molar-refractivity contribution in [2.45, 2.75) is 51.2 Å². The number of nitrogens with zero attached hydrogens (tertiary/aromatic N) is 2. The highest BCUT2D eigenvalue weighted by Gasteiger charge is 2.50. The number of imide groups is 1. The van der Waals surface area contributed by atoms with Crippen molar-refractivity contribution in [1.82, 2.24) is 9.96 Å². The molecule has 1 fully saturated rings. The molecule has 0 bridgehead atoms. The maximum Gasteiger partial charge on any atom is 0.411 e. The quantitative estimate of drug-likeness (QED) is 0.280. The molecule has 0 aromatic heterocycles. The van der Waals surface area contributed by atoms with Crippen molar-refractivity contribution >= 4 is 70.3 Å². The average Bonchev–Trinajstić information content (AvgIpc) is 2.93. The van der Waals surface area contributed by atoms with Crippen LogP contribution in [-0.2, 0) is 14.4 Å². The molecule has 1 aromatic carbocycles. The number of hydrogen-bond acceptors (Lipinski definition) is 6. The van der Waals surface area contributed by atoms with Gasteiger partial charge < -0.3 is 9.57 Å². The van der Waals surface area contributed by atoms with E-state index in [1.807, 2.05) is 0 Å². The summed E-state index contributed by atoms with van der Waals surface area (Å²) in [4.78, 5) is 56.4. The number of carbonyl (C=O) groups excluding carboxylic acids is 4. The molecule has 1 atom stereocenters. The minimum Gasteiger partial charge on any atom is -0.444 e. The third kappa shape index (κ3) is 4.84. The van der Waals surface area contributed by atoms with Gasteiger partial charge in [0.2, 0.25) is 0 Å². The molecule has 2 aliphatic heterocycles. The standard InChI is InChI=1S/C19H16Cl4F2N2O6/c1-18(2,3)32-17(31)26-5-4-19(24,25)6-7(26)16(30)33-27-14(28)8-9(15(27)29)11(21)13(23)12(22)10(8)20/h7H,4-6H2,1-3H3. The lowest BCUT2D eigenvalue weighted by molar-refractivity contribution is -0.182. The summed E-state index contributed by atoms with van der Waals surface area (Å²) >= 11 is 23.8. The molecular formula is C19H16Cl4F2N2O6. The Morgan fingerprint density at radius 3 is 1.91 bits per heavy atom. The SMILES string of the molecule is CC(C)(C)OC(=O)N1CCC(F)(F)CC1C(=O)ON1C(=O)c2c(Cl)c(Cl)c(Cl)c(Cl)c2C1=O. The molecule has 8 nitrogen and oxygen atoms in total. The van der Waals surface area contributed by atoms with Crippen LogP contribution in [0.1, 0.15) is 54.3 Å². The molecule has 0 N–H and O–H groups in total. The fraction of sp³-hybridized carbons (Fsp3) is 0.474. The second-order valence-electron chi connectivity index (χ2n) is 8.32. The second-order valence-corrected chi connectivity index (χ2v) is 9.83. The van der Waals surface area contributed by atoms with E-state index in [4.69, 9.17) is 56.0 Å². The lowest BCUT2D eigenvalue weighted by atomic mass is 9.99. The van der Waals surface area contributed by atoms with Crippen LogP contribution >= 0.6 is 46.4 Å². The fourth-order valence-electron chi connectivity index (χ4n) is 3.25. The summed E-state index contributed by atoms with van der Waals surface area (Å²) in [7, 11) is 0. The van der Waals surface area contributed by atoms with Gasteiger partial charge in [0.15, 0.2) is 0 Å². The van der Waals surface area contributed by atoms with Crippen LogP contribution in [-0.4, -0.2) is 58.0 Å². The van der Waals surface area contributed by atoms with Gasteiger partial charge in [0, 0.05) is 19.4 Å². The second kappa shape index (κ2) is 8.72. The van der Waals surface area contributed by atoms with Gasteiger partial charge in [-0.1, -0.05) is 51.5 Å². The Balaban J connectivity index is 1.90. The van der Waals surface area contributed by atoms with Crippen molar-refractivity contribution in [2.75, 3.05) is 6.54 Å². The van der Waals surface area contributed by atoms with Crippen LogP contribution < -0.4 is 0 Å². The number of likely N-dealkylation sites (tertiary alicyclic amines) is 1. The number of benzene rings is 1. The van der Waals surface area contributed by atoms with Gasteiger partial charge in [0.05, 0.1) is 31.2 Å². The van der Waals surface area contributed by atoms with Gasteiger partial charge in [0.1, 0.15) is 11.6 Å². The topological polar surface area (TPSA) is 93.2 Å². The number of rotatable bonds is 2. The summed E-state index contributed by atoms with van der Waals surface area (Å²) in [6, 6.07) is -1.84. The molecule has 2 aliphatic rings. The first-order valence-electron chi connectivity index (χ1n) is 9.39. The Kier molecular flexibility index (Phi) is 6.80. The van der Waals surface area contributed by atoms with E-state index in [1.165, 1.54) is 0 Å². The molecule has 33 heavy (non-hydrogen) atoms. The van der Waals surface area contributed by atoms with Gasteiger partial charge in [-0.05, 0) is 20.8 Å². The van der Waals surface area contributed by atoms with E-state index >= 15 is 0 Å². The number of ether oxygens (including phenoxy) is 1. The highest BCUT2D eigenvalue weighted by molar-refractivity contribution is 6.55. The predicted octanol–water partition coefficient (Wildman–Crippen LogP) is 5.39. The lowest BCUT2D eigenvalue weighted by Gasteiger charge is -2.38. The molecule has 0 aliphatic carbocycles. The molecule has 0 saturated carbocycles. The average molecular weight is 548 g/mol. The number of hydroxylamine groups is 2. The number of piperidine rings is 1. The Labute approximate surface area is 206 Å². The fourth-order valence-corrected chi connectivity index (χ4v) is 4.26. The summed E-state index contributed by atoms with van der Waals surface area (Å²) in [5.41, 5.74) is -1.90. The minimum absolute atomic E-state index is 0.0113. The van der Waals surface area contributed by atoms with Crippen LogP contribution in [0.3, 0.4) is 0 Å². The molecule has 2 heterocycles. The number of alkyl halides is 2. The van der Waals surface area contributed by atoms with E-state index in [1.54, 1.807) is 20.8 Å². The summed E-state index contributed by atoms with van der Waals surface area (Å²) in [6.07, 6.45) is -2.86. The van der Waals surface area contributed by atoms with Crippen molar-refractivity contribution in [3.63, 3.8) is 0 Å². The smallest absolute Gasteiger partial charge is 0.411 e. The molecule has 180 valence electrons. The molecule has 1 saturated heterocycles. The zero-order valence-electron chi connectivity index (χ0n) is 17.3. The Hall–Kier alpha value is -1.88. The first kappa shape index (κ1) is 25.7. The highest BCUT2D eigenvalue weighted by atomic mass is 35.5. The van der Waals surface area contributed by atoms with Gasteiger partial charge in [-0.25, -0.2) is 18.4 Å². The van der Waals surface area contributed by atoms with E-state index in [0.29, 0.717) is 0 Å². The number of halogens is 6. The van der Waals surface area contributed by atoms with Crippen LogP contribution in [0.5, 0.6) is 0 Å². The zero-order chi connectivity index (χ0) is 25.0. The van der Waals surface area contributed by atoms with Crippen molar-refractivity contribution < 1.29 is 37.5 Å². The van der Waals surface area contributed by atoms with Gasteiger partial charge in [-0.2, -0.15) is 0 Å². The molecule has 1 aromatic rings. The predicted molar refractivity (Wildman–Crippen MR) is 114 cm³/mol. The number of carbonyl (C=O) groups is 4. The molecule has 14 heteroatoms. The Morgan fingerprint density at radius 2 is 1.45 bits per heavy atom. The third-order valence-corrected chi connectivity index (χ3v) is 6.53. The summed E-state index contributed by atoms with van der Waals surface area (Å²) in [6.45, 7) is 4.14. The molecule has 3 amide bonds. The van der Waals surface area contributed by atoms with Crippen LogP contribution in [0, 0.1) is 0 Å². The third-order valence-electron chi connectivity index (χ3n) is 4.73. The maximum atomic E-state index is 14.1. The van der Waals surface area contributed by atoms with Crippen molar-refractivity contribution in [2.24, 2.45) is 0 Å². The van der Waals surface area contributed by atoms with Crippen LogP contribution in [0.4, 0.5) is 13.6 Å². The van der Waals surface area contributed by atoms with Gasteiger partial charge >= 0.3 is 12.1 Å². The summed E-state index contributed by atoms with van der Waals surface area (Å²) in [5.74, 6) is -7.18. The highest BCUT2D eigenvalue weighted by Crippen LogP contribution is 2.45. The normalized spacial score (nSPS) is 20.1. The van der Waals surface area contributed by atoms with E-state index in [0.717, 1.165) is 4.90 Å². The maximum absolute atomic E-state index is 14.1. The van der Waals surface area contributed by atoms with Crippen molar-refractivity contribution in [1.29, 1.82) is 0 Å². The summed E-state index contributed by atoms with van der Waals surface area (Å²) in [5, 5.41) is -1.41. The molecule has 0 spiro atoms. The van der Waals surface area contributed by atoms with Crippen molar-refractivity contribution in [3.05, 3.63) is 31.2 Å². The van der Waals surface area contributed by atoms with Crippen LogP contribution in [0.15, 0.2) is 0 Å². The molecular weight excluding hydrogens is 532 g/mol. The molecule has 1 unspecified atom stereocenters. The van der Waals surface area contributed by atoms with Crippen LogP contribution in [0.25, 0.3) is 0 Å². The largest absolute Gasteiger partial charge is 0.444 e. The zero-order valence-corrected chi connectivity index (χ0v) is 20.3. The van der Waals surface area contributed by atoms with Gasteiger partial charge in [-0.15, -0.1) is 0 Å². The number of hydrogen-bond donors (Lipinski definition) is 0. The first-order valence-corrected chi connectivity index (χ1v) is 10.9. The van der Waals surface area contributed by atoms with E-state index in [-0.39, 0.29) is 15.1 Å². The Morgan fingerprint density at radius 1 is 0.970 bits per heavy atom. The minimum atomic E-state index is -3.31. The van der Waals surface area contributed by atoms with E-state index < -0.39 is 82.0 Å². The molecule has 3 rings (SSSR count). The summed E-state index contributed by atoms with van der Waals surface area (Å²) < 4.78 is 33.3. The van der Waals surface area contributed by atoms with E-state index in [9.17, 15) is 28.0 Å². The Bertz CT molecular complexity index is 1030. The van der Waals surface area contributed by atoms with Crippen molar-refractivity contribution in [3.8, 4) is 0 Å². The molecule has 0 radical (unpaired) electrons. The van der Waals surface area contributed by atoms with E-state index in [2.05, 4.69) is 0 Å². The number of fused-ring (bicyclic) bond motifs is 1. The lowest BCUT2D eigenvalue weighted by Crippen LogP contribution is -2.55. The van der Waals surface area contributed by atoms with Gasteiger partial charge in [-0.3, -0.25) is 14.5 Å².